The van der Waals surface area contributed by atoms with Crippen molar-refractivity contribution in [2.75, 3.05) is 13.1 Å². The molecule has 1 aliphatic carbocycles. The molecule has 1 spiro atoms. The molecule has 3 atom stereocenters. The monoisotopic (exact) mass is 272 g/mol. The van der Waals surface area contributed by atoms with Crippen molar-refractivity contribution in [3.63, 3.8) is 0 Å². The maximum atomic E-state index is 14.2. The molecular weight excluding hydrogens is 258 g/mol. The topological polar surface area (TPSA) is 63.4 Å². The number of alkyl halides is 1. The number of benzene rings is 1. The lowest BCUT2D eigenvalue weighted by Crippen LogP contribution is -2.48. The van der Waals surface area contributed by atoms with Crippen LogP contribution in [0.15, 0.2) is 18.2 Å². The molecule has 1 aromatic carbocycles. The standard InChI is InChI=1S/C14H14BFN2O2/c1-7-12(16)14(7)6-18(5-11(17)19)13(20)9-3-2-8(15)4-10(9)14/h2-4,7,12H,5-6H2,1H3,(H2,17,19)/t7-,12+,14-/m0/s1. The van der Waals surface area contributed by atoms with Gasteiger partial charge in [0, 0.05) is 18.0 Å². The van der Waals surface area contributed by atoms with Crippen molar-refractivity contribution in [2.24, 2.45) is 11.7 Å². The highest BCUT2D eigenvalue weighted by Gasteiger charge is 2.67. The number of carbonyl (C=O) groups excluding carboxylic acids is 2. The summed E-state index contributed by atoms with van der Waals surface area (Å²) in [7, 11) is 5.76. The molecule has 1 aromatic rings. The lowest BCUT2D eigenvalue weighted by Gasteiger charge is -2.34. The number of rotatable bonds is 2. The van der Waals surface area contributed by atoms with Gasteiger partial charge in [-0.2, -0.15) is 0 Å². The first-order chi connectivity index (χ1) is 9.37. The van der Waals surface area contributed by atoms with Crippen LogP contribution in [0, 0.1) is 5.92 Å². The number of nitrogens with two attached hydrogens (primary N) is 1. The summed E-state index contributed by atoms with van der Waals surface area (Å²) in [5, 5.41) is 0. The fraction of sp³-hybridized carbons (Fsp3) is 0.429. The zero-order chi connectivity index (χ0) is 14.7. The van der Waals surface area contributed by atoms with Crippen LogP contribution in [0.1, 0.15) is 22.8 Å². The van der Waals surface area contributed by atoms with Crippen LogP contribution in [0.4, 0.5) is 4.39 Å². The molecule has 0 saturated heterocycles. The molecule has 20 heavy (non-hydrogen) atoms. The van der Waals surface area contributed by atoms with E-state index >= 15 is 0 Å². The van der Waals surface area contributed by atoms with Gasteiger partial charge in [-0.3, -0.25) is 9.59 Å². The van der Waals surface area contributed by atoms with E-state index in [4.69, 9.17) is 13.6 Å². The van der Waals surface area contributed by atoms with Crippen molar-refractivity contribution in [2.45, 2.75) is 18.5 Å². The normalized spacial score (nSPS) is 31.3. The number of hydrogen-bond donors (Lipinski definition) is 1. The molecule has 2 N–H and O–H groups in total. The Balaban J connectivity index is 2.10. The van der Waals surface area contributed by atoms with E-state index in [-0.39, 0.29) is 24.9 Å². The van der Waals surface area contributed by atoms with E-state index in [9.17, 15) is 14.0 Å². The highest BCUT2D eigenvalue weighted by molar-refractivity contribution is 6.32. The Kier molecular flexibility index (Phi) is 2.68. The molecule has 102 valence electrons. The number of carbonyl (C=O) groups is 2. The van der Waals surface area contributed by atoms with Gasteiger partial charge in [-0.05, 0) is 11.6 Å². The van der Waals surface area contributed by atoms with Crippen molar-refractivity contribution in [3.05, 3.63) is 29.3 Å². The number of nitrogens with zero attached hydrogens (tertiary/aromatic N) is 1. The summed E-state index contributed by atoms with van der Waals surface area (Å²) in [6.07, 6.45) is -1.04. The summed E-state index contributed by atoms with van der Waals surface area (Å²) in [6.45, 7) is 1.79. The van der Waals surface area contributed by atoms with Crippen molar-refractivity contribution in [1.29, 1.82) is 0 Å². The summed E-state index contributed by atoms with van der Waals surface area (Å²) in [4.78, 5) is 24.8. The Morgan fingerprint density at radius 2 is 2.25 bits per heavy atom. The molecule has 0 bridgehead atoms. The van der Waals surface area contributed by atoms with E-state index in [0.29, 0.717) is 16.6 Å². The van der Waals surface area contributed by atoms with Crippen LogP contribution in [0.3, 0.4) is 0 Å². The third-order valence-corrected chi connectivity index (χ3v) is 4.50. The average molecular weight is 272 g/mol. The van der Waals surface area contributed by atoms with E-state index in [0.717, 1.165) is 0 Å². The zero-order valence-electron chi connectivity index (χ0n) is 11.1. The molecule has 0 aromatic heterocycles. The quantitative estimate of drug-likeness (QED) is 0.748. The number of hydrogen-bond acceptors (Lipinski definition) is 2. The second-order valence-electron chi connectivity index (χ2n) is 5.66. The van der Waals surface area contributed by atoms with Crippen molar-refractivity contribution in [3.8, 4) is 0 Å². The molecule has 0 unspecified atom stereocenters. The number of primary amides is 1. The van der Waals surface area contributed by atoms with E-state index in [1.54, 1.807) is 25.1 Å². The van der Waals surface area contributed by atoms with Crippen molar-refractivity contribution in [1.82, 2.24) is 4.90 Å². The smallest absolute Gasteiger partial charge is 0.254 e. The van der Waals surface area contributed by atoms with E-state index in [1.165, 1.54) is 4.90 Å². The van der Waals surface area contributed by atoms with Gasteiger partial charge in [0.05, 0.1) is 12.0 Å². The molecule has 3 rings (SSSR count). The molecule has 2 radical (unpaired) electrons. The molecule has 1 saturated carbocycles. The zero-order valence-corrected chi connectivity index (χ0v) is 11.1. The third-order valence-electron chi connectivity index (χ3n) is 4.50. The predicted octanol–water partition coefficient (Wildman–Crippen LogP) is -0.353. The SMILES string of the molecule is [B]c1ccc2c(c1)[C@@]1(CN(CC(N)=O)C2=O)[C@H](F)[C@@H]1C. The Morgan fingerprint density at radius 3 is 2.80 bits per heavy atom. The van der Waals surface area contributed by atoms with E-state index in [1.807, 2.05) is 0 Å². The van der Waals surface area contributed by atoms with Crippen LogP contribution in [-0.4, -0.2) is 43.8 Å². The summed E-state index contributed by atoms with van der Waals surface area (Å²) in [5.74, 6) is -1.10. The van der Waals surface area contributed by atoms with Crippen LogP contribution >= 0.6 is 0 Å². The minimum Gasteiger partial charge on any atom is -0.368 e. The lowest BCUT2D eigenvalue weighted by atomic mass is 9.80. The lowest BCUT2D eigenvalue weighted by molar-refractivity contribution is -0.118. The molecule has 6 heteroatoms. The minimum atomic E-state index is -1.04. The summed E-state index contributed by atoms with van der Waals surface area (Å²) < 4.78 is 14.2. The minimum absolute atomic E-state index is 0.174. The first-order valence-corrected chi connectivity index (χ1v) is 6.49. The van der Waals surface area contributed by atoms with Gasteiger partial charge < -0.3 is 10.6 Å². The maximum absolute atomic E-state index is 14.2. The van der Waals surface area contributed by atoms with Crippen LogP contribution in [0.25, 0.3) is 0 Å². The Morgan fingerprint density at radius 1 is 1.60 bits per heavy atom. The highest BCUT2D eigenvalue weighted by Crippen LogP contribution is 2.59. The number of halogens is 1. The Bertz CT molecular complexity index is 611. The van der Waals surface area contributed by atoms with Gasteiger partial charge in [0.25, 0.3) is 5.91 Å². The highest BCUT2D eigenvalue weighted by atomic mass is 19.1. The third kappa shape index (κ3) is 1.60. The molecule has 1 heterocycles. The van der Waals surface area contributed by atoms with Gasteiger partial charge in [-0.15, -0.1) is 0 Å². The summed E-state index contributed by atoms with van der Waals surface area (Å²) in [6, 6.07) is 4.88. The molecule has 1 aliphatic heterocycles. The van der Waals surface area contributed by atoms with Crippen LogP contribution < -0.4 is 11.2 Å². The molecule has 2 amide bonds. The van der Waals surface area contributed by atoms with Gasteiger partial charge >= 0.3 is 0 Å². The summed E-state index contributed by atoms with van der Waals surface area (Å²) in [5.41, 5.74) is 6.00. The Hall–Kier alpha value is -1.85. The van der Waals surface area contributed by atoms with Gasteiger partial charge in [-0.1, -0.05) is 24.5 Å². The first-order valence-electron chi connectivity index (χ1n) is 6.49. The van der Waals surface area contributed by atoms with Crippen LogP contribution in [0.5, 0.6) is 0 Å². The summed E-state index contributed by atoms with van der Waals surface area (Å²) >= 11 is 0. The molecular formula is C14H14BFN2O2. The van der Waals surface area contributed by atoms with Gasteiger partial charge in [0.2, 0.25) is 5.91 Å². The number of amides is 2. The van der Waals surface area contributed by atoms with Gasteiger partial charge in [0.15, 0.2) is 0 Å². The number of fused-ring (bicyclic) bond motifs is 2. The second kappa shape index (κ2) is 4.07. The van der Waals surface area contributed by atoms with E-state index in [2.05, 4.69) is 0 Å². The van der Waals surface area contributed by atoms with Gasteiger partial charge in [-0.25, -0.2) is 4.39 Å². The van der Waals surface area contributed by atoms with Crippen molar-refractivity contribution >= 4 is 25.1 Å². The molecule has 1 fully saturated rings. The predicted molar refractivity (Wildman–Crippen MR) is 72.7 cm³/mol. The second-order valence-corrected chi connectivity index (χ2v) is 5.66. The Labute approximate surface area is 117 Å². The van der Waals surface area contributed by atoms with Crippen molar-refractivity contribution < 1.29 is 14.0 Å². The van der Waals surface area contributed by atoms with Gasteiger partial charge in [0.1, 0.15) is 14.0 Å². The maximum Gasteiger partial charge on any atom is 0.254 e. The first kappa shape index (κ1) is 13.2. The van der Waals surface area contributed by atoms with E-state index < -0.39 is 17.5 Å². The van der Waals surface area contributed by atoms with Crippen LogP contribution in [-0.2, 0) is 10.2 Å². The fourth-order valence-electron chi connectivity index (χ4n) is 3.29. The van der Waals surface area contributed by atoms with Crippen LogP contribution in [0.2, 0.25) is 0 Å². The fourth-order valence-corrected chi connectivity index (χ4v) is 3.29. The average Bonchev–Trinajstić information content (AvgIpc) is 2.89. The molecule has 4 nitrogen and oxygen atoms in total. The largest absolute Gasteiger partial charge is 0.368 e. The molecule has 2 aliphatic rings.